The van der Waals surface area contributed by atoms with E-state index in [0.29, 0.717) is 11.6 Å². The van der Waals surface area contributed by atoms with Gasteiger partial charge in [-0.1, -0.05) is 34.1 Å². The van der Waals surface area contributed by atoms with Crippen LogP contribution in [0.25, 0.3) is 0 Å². The summed E-state index contributed by atoms with van der Waals surface area (Å²) in [4.78, 5) is 0. The van der Waals surface area contributed by atoms with Crippen LogP contribution in [0.1, 0.15) is 18.1 Å². The highest BCUT2D eigenvalue weighted by molar-refractivity contribution is 9.10. The average molecular weight is 315 g/mol. The van der Waals surface area contributed by atoms with E-state index < -0.39 is 0 Å². The van der Waals surface area contributed by atoms with Crippen LogP contribution in [0.2, 0.25) is 0 Å². The van der Waals surface area contributed by atoms with Crippen molar-refractivity contribution in [2.24, 2.45) is 0 Å². The highest BCUT2D eigenvalue weighted by Gasteiger charge is 2.04. The fourth-order valence-corrected chi connectivity index (χ4v) is 2.25. The Kier molecular flexibility index (Phi) is 4.59. The van der Waals surface area contributed by atoms with Gasteiger partial charge in [0.05, 0.1) is 11.6 Å². The predicted molar refractivity (Wildman–Crippen MR) is 82.1 cm³/mol. The normalized spacial score (nSPS) is 11.6. The molecule has 96 valence electrons. The molecule has 0 spiro atoms. The van der Waals surface area contributed by atoms with Crippen molar-refractivity contribution >= 4 is 21.6 Å². The molecule has 1 unspecified atom stereocenters. The van der Waals surface area contributed by atoms with Crippen LogP contribution in [-0.4, -0.2) is 6.04 Å². The molecule has 0 aliphatic rings. The molecule has 0 heterocycles. The van der Waals surface area contributed by atoms with Gasteiger partial charge < -0.3 is 5.32 Å². The molecule has 2 nitrogen and oxygen atoms in total. The van der Waals surface area contributed by atoms with E-state index in [-0.39, 0.29) is 0 Å². The second-order valence-electron chi connectivity index (χ2n) is 4.57. The lowest BCUT2D eigenvalue weighted by Crippen LogP contribution is -2.18. The molecule has 3 heteroatoms. The second kappa shape index (κ2) is 6.40. The standard InChI is InChI=1S/C16H15BrN2/c1-12(9-13-5-7-15(17)8-6-13)19-16-4-2-3-14(10-16)11-18/h2-8,10,12,19H,9H2,1H3. The van der Waals surface area contributed by atoms with E-state index in [1.165, 1.54) is 5.56 Å². The Labute approximate surface area is 122 Å². The first-order chi connectivity index (χ1) is 9.17. The molecule has 2 rings (SSSR count). The maximum absolute atomic E-state index is 8.88. The molecule has 1 atom stereocenters. The van der Waals surface area contributed by atoms with Crippen LogP contribution in [-0.2, 0) is 6.42 Å². The number of rotatable bonds is 4. The summed E-state index contributed by atoms with van der Waals surface area (Å²) < 4.78 is 1.10. The molecule has 0 fully saturated rings. The molecule has 19 heavy (non-hydrogen) atoms. The number of nitrogens with one attached hydrogen (secondary N) is 1. The Morgan fingerprint density at radius 1 is 1.21 bits per heavy atom. The van der Waals surface area contributed by atoms with Gasteiger partial charge in [-0.2, -0.15) is 5.26 Å². The zero-order chi connectivity index (χ0) is 13.7. The lowest BCUT2D eigenvalue weighted by molar-refractivity contribution is 0.790. The van der Waals surface area contributed by atoms with Crippen LogP contribution in [0.4, 0.5) is 5.69 Å². The molecular weight excluding hydrogens is 300 g/mol. The Bertz CT molecular complexity index is 584. The van der Waals surface area contributed by atoms with Crippen LogP contribution in [0.3, 0.4) is 0 Å². The zero-order valence-corrected chi connectivity index (χ0v) is 12.3. The minimum atomic E-state index is 0.315. The van der Waals surface area contributed by atoms with Crippen molar-refractivity contribution in [2.45, 2.75) is 19.4 Å². The molecule has 2 aromatic rings. The number of benzene rings is 2. The van der Waals surface area contributed by atoms with Crippen LogP contribution in [0.15, 0.2) is 53.0 Å². The molecule has 0 saturated heterocycles. The van der Waals surface area contributed by atoms with E-state index in [1.54, 1.807) is 0 Å². The summed E-state index contributed by atoms with van der Waals surface area (Å²) in [6.45, 7) is 2.14. The fourth-order valence-electron chi connectivity index (χ4n) is 1.99. The van der Waals surface area contributed by atoms with Crippen molar-refractivity contribution in [1.29, 1.82) is 5.26 Å². The third-order valence-electron chi connectivity index (χ3n) is 2.86. The van der Waals surface area contributed by atoms with Crippen LogP contribution >= 0.6 is 15.9 Å². The largest absolute Gasteiger partial charge is 0.382 e. The number of halogens is 1. The van der Waals surface area contributed by atoms with Gasteiger partial charge in [0.15, 0.2) is 0 Å². The highest BCUT2D eigenvalue weighted by atomic mass is 79.9. The first-order valence-electron chi connectivity index (χ1n) is 6.18. The average Bonchev–Trinajstić information content (AvgIpc) is 2.41. The van der Waals surface area contributed by atoms with Gasteiger partial charge in [-0.3, -0.25) is 0 Å². The molecule has 0 aliphatic heterocycles. The highest BCUT2D eigenvalue weighted by Crippen LogP contribution is 2.15. The molecule has 1 N–H and O–H groups in total. The summed E-state index contributed by atoms with van der Waals surface area (Å²) >= 11 is 3.44. The molecule has 0 bridgehead atoms. The topological polar surface area (TPSA) is 35.8 Å². The fraction of sp³-hybridized carbons (Fsp3) is 0.188. The van der Waals surface area contributed by atoms with Crippen LogP contribution in [0.5, 0.6) is 0 Å². The summed E-state index contributed by atoms with van der Waals surface area (Å²) in [6, 6.07) is 18.4. The van der Waals surface area contributed by atoms with Gasteiger partial charge in [0, 0.05) is 16.2 Å². The maximum atomic E-state index is 8.88. The van der Waals surface area contributed by atoms with E-state index in [0.717, 1.165) is 16.6 Å². The first kappa shape index (κ1) is 13.6. The first-order valence-corrected chi connectivity index (χ1v) is 6.98. The maximum Gasteiger partial charge on any atom is 0.0992 e. The molecule has 0 aliphatic carbocycles. The van der Waals surface area contributed by atoms with Gasteiger partial charge in [0.2, 0.25) is 0 Å². The Balaban J connectivity index is 1.99. The van der Waals surface area contributed by atoms with Gasteiger partial charge in [0.1, 0.15) is 0 Å². The lowest BCUT2D eigenvalue weighted by atomic mass is 10.1. The van der Waals surface area contributed by atoms with E-state index >= 15 is 0 Å². The van der Waals surface area contributed by atoms with E-state index in [4.69, 9.17) is 5.26 Å². The Morgan fingerprint density at radius 3 is 2.63 bits per heavy atom. The summed E-state index contributed by atoms with van der Waals surface area (Å²) in [5.74, 6) is 0. The molecular formula is C16H15BrN2. The van der Waals surface area contributed by atoms with Gasteiger partial charge in [-0.15, -0.1) is 0 Å². The summed E-state index contributed by atoms with van der Waals surface area (Å²) in [5, 5.41) is 12.3. The SMILES string of the molecule is CC(Cc1ccc(Br)cc1)Nc1cccc(C#N)c1. The van der Waals surface area contributed by atoms with Gasteiger partial charge in [-0.05, 0) is 49.2 Å². The van der Waals surface area contributed by atoms with Crippen molar-refractivity contribution < 1.29 is 0 Å². The Hall–Kier alpha value is -1.79. The summed E-state index contributed by atoms with van der Waals surface area (Å²) in [5.41, 5.74) is 2.96. The minimum absolute atomic E-state index is 0.315. The van der Waals surface area contributed by atoms with Crippen LogP contribution < -0.4 is 5.32 Å². The van der Waals surface area contributed by atoms with E-state index in [1.807, 2.05) is 24.3 Å². The quantitative estimate of drug-likeness (QED) is 0.910. The third-order valence-corrected chi connectivity index (χ3v) is 3.39. The third kappa shape index (κ3) is 4.11. The van der Waals surface area contributed by atoms with Gasteiger partial charge in [-0.25, -0.2) is 0 Å². The number of nitriles is 1. The zero-order valence-electron chi connectivity index (χ0n) is 10.7. The van der Waals surface area contributed by atoms with Crippen molar-refractivity contribution in [3.05, 3.63) is 64.1 Å². The number of anilines is 1. The summed E-state index contributed by atoms with van der Waals surface area (Å²) in [6.07, 6.45) is 0.948. The van der Waals surface area contributed by atoms with Crippen molar-refractivity contribution in [1.82, 2.24) is 0 Å². The smallest absolute Gasteiger partial charge is 0.0992 e. The van der Waals surface area contributed by atoms with Gasteiger partial charge >= 0.3 is 0 Å². The summed E-state index contributed by atoms with van der Waals surface area (Å²) in [7, 11) is 0. The second-order valence-corrected chi connectivity index (χ2v) is 5.48. The number of nitrogens with zero attached hydrogens (tertiary/aromatic N) is 1. The molecule has 0 saturated carbocycles. The molecule has 0 radical (unpaired) electrons. The molecule has 2 aromatic carbocycles. The van der Waals surface area contributed by atoms with Gasteiger partial charge in [0.25, 0.3) is 0 Å². The molecule has 0 amide bonds. The van der Waals surface area contributed by atoms with E-state index in [9.17, 15) is 0 Å². The van der Waals surface area contributed by atoms with Crippen LogP contribution in [0, 0.1) is 11.3 Å². The molecule has 0 aromatic heterocycles. The van der Waals surface area contributed by atoms with Crippen molar-refractivity contribution in [3.8, 4) is 6.07 Å². The lowest BCUT2D eigenvalue weighted by Gasteiger charge is -2.15. The monoisotopic (exact) mass is 314 g/mol. The van der Waals surface area contributed by atoms with Crippen molar-refractivity contribution in [2.75, 3.05) is 5.32 Å². The minimum Gasteiger partial charge on any atom is -0.382 e. The predicted octanol–water partition coefficient (Wildman–Crippen LogP) is 4.36. The Morgan fingerprint density at radius 2 is 1.95 bits per heavy atom. The number of hydrogen-bond acceptors (Lipinski definition) is 2. The van der Waals surface area contributed by atoms with Crippen molar-refractivity contribution in [3.63, 3.8) is 0 Å². The van der Waals surface area contributed by atoms with E-state index in [2.05, 4.69) is 58.5 Å². The number of hydrogen-bond donors (Lipinski definition) is 1.